The highest BCUT2D eigenvalue weighted by molar-refractivity contribution is 5.87. The molecule has 6 rings (SSSR count). The number of amides is 1. The summed E-state index contributed by atoms with van der Waals surface area (Å²) in [6.45, 7) is 18.5. The van der Waals surface area contributed by atoms with Crippen LogP contribution in [-0.2, 0) is 4.79 Å². The summed E-state index contributed by atoms with van der Waals surface area (Å²) in [6.07, 6.45) is 12.7. The van der Waals surface area contributed by atoms with E-state index in [0.29, 0.717) is 57.9 Å². The summed E-state index contributed by atoms with van der Waals surface area (Å²) in [6, 6.07) is 7.80. The second-order valence-corrected chi connectivity index (χ2v) is 17.7. The van der Waals surface area contributed by atoms with Gasteiger partial charge in [-0.25, -0.2) is 4.79 Å². The van der Waals surface area contributed by atoms with Crippen LogP contribution >= 0.6 is 0 Å². The molecule has 5 heteroatoms. The summed E-state index contributed by atoms with van der Waals surface area (Å²) in [5.74, 6) is 3.88. The fourth-order valence-corrected chi connectivity index (χ4v) is 13.5. The summed E-state index contributed by atoms with van der Waals surface area (Å²) in [4.78, 5) is 23.9. The van der Waals surface area contributed by atoms with E-state index in [2.05, 4.69) is 71.2 Å². The molecule has 0 radical (unpaired) electrons. The Morgan fingerprint density at radius 2 is 1.55 bits per heavy atom. The number of aromatic carboxylic acids is 1. The van der Waals surface area contributed by atoms with E-state index in [0.717, 1.165) is 11.8 Å². The minimum Gasteiger partial charge on any atom is -0.478 e. The third-order valence-electron chi connectivity index (χ3n) is 15.8. The predicted molar refractivity (Wildman–Crippen MR) is 178 cm³/mol. The molecular weight excluding hydrogens is 544 g/mol. The van der Waals surface area contributed by atoms with Gasteiger partial charge in [0.15, 0.2) is 0 Å². The summed E-state index contributed by atoms with van der Waals surface area (Å²) in [5, 5.41) is 16.2. The molecule has 0 aliphatic heterocycles. The van der Waals surface area contributed by atoms with Gasteiger partial charge in [0, 0.05) is 12.6 Å². The molecule has 0 heterocycles. The fourth-order valence-electron chi connectivity index (χ4n) is 13.5. The molecule has 5 aliphatic rings. The third-order valence-corrected chi connectivity index (χ3v) is 15.8. The van der Waals surface area contributed by atoms with Gasteiger partial charge in [0.05, 0.1) is 12.1 Å². The average Bonchev–Trinajstić information content (AvgIpc) is 3.36. The molecule has 5 nitrogen and oxygen atoms in total. The van der Waals surface area contributed by atoms with Crippen molar-refractivity contribution in [3.05, 3.63) is 35.4 Å². The largest absolute Gasteiger partial charge is 0.478 e. The van der Waals surface area contributed by atoms with Crippen molar-refractivity contribution in [1.29, 1.82) is 0 Å². The standard InChI is InChI=1S/C39H60N2O3/c1-24(2)27-15-20-39(41-23-32(42)40-8)22-21-37(6)29(33(27)39)13-14-31-36(5)18-16-28(25-9-11-26(12-10-25)34(43)44)35(3,4)30(36)17-19-38(31,37)7/h9-12,24,27-31,33,41H,13-23H2,1-8H3,(H,40,42)(H,43,44)/t27-,28+,29+,30-,31+,33+,36-,37+,38+,39-/m0/s1. The van der Waals surface area contributed by atoms with Gasteiger partial charge in [-0.3, -0.25) is 4.79 Å². The first-order valence-electron chi connectivity index (χ1n) is 17.9. The van der Waals surface area contributed by atoms with Crippen LogP contribution in [0.15, 0.2) is 24.3 Å². The first kappa shape index (κ1) is 32.1. The molecular formula is C39H60N2O3. The first-order chi connectivity index (χ1) is 20.6. The van der Waals surface area contributed by atoms with Gasteiger partial charge < -0.3 is 15.7 Å². The molecule has 44 heavy (non-hydrogen) atoms. The molecule has 1 aromatic rings. The van der Waals surface area contributed by atoms with Gasteiger partial charge >= 0.3 is 5.97 Å². The molecule has 10 atom stereocenters. The number of benzene rings is 1. The lowest BCUT2D eigenvalue weighted by Crippen LogP contribution is -2.68. The number of carbonyl (C=O) groups excluding carboxylic acids is 1. The van der Waals surface area contributed by atoms with E-state index in [9.17, 15) is 14.7 Å². The monoisotopic (exact) mass is 604 g/mol. The van der Waals surface area contributed by atoms with Gasteiger partial charge in [-0.2, -0.15) is 0 Å². The van der Waals surface area contributed by atoms with E-state index in [-0.39, 0.29) is 16.9 Å². The first-order valence-corrected chi connectivity index (χ1v) is 17.9. The summed E-state index contributed by atoms with van der Waals surface area (Å²) >= 11 is 0. The zero-order chi connectivity index (χ0) is 31.9. The van der Waals surface area contributed by atoms with Crippen LogP contribution in [0.5, 0.6) is 0 Å². The highest BCUT2D eigenvalue weighted by Crippen LogP contribution is 2.77. The molecule has 0 unspecified atom stereocenters. The smallest absolute Gasteiger partial charge is 0.335 e. The molecule has 0 aromatic heterocycles. The summed E-state index contributed by atoms with van der Waals surface area (Å²) in [7, 11) is 1.76. The SMILES string of the molecule is CNC(=O)CN[C@]12CC[C@@H](C(C)C)[C@@H]1[C@H]1CC[C@@H]3[C@@]4(C)CC[C@H](c5ccc(C(=O)O)cc5)C(C)(C)[C@@H]4CC[C@@]3(C)[C@]1(C)CC2. The zero-order valence-corrected chi connectivity index (χ0v) is 28.9. The Hall–Kier alpha value is -1.88. The van der Waals surface area contributed by atoms with Crippen molar-refractivity contribution >= 4 is 11.9 Å². The molecule has 1 amide bonds. The lowest BCUT2D eigenvalue weighted by atomic mass is 9.32. The Labute approximate surface area is 267 Å². The van der Waals surface area contributed by atoms with Gasteiger partial charge in [0.1, 0.15) is 0 Å². The van der Waals surface area contributed by atoms with Crippen LogP contribution in [0.4, 0.5) is 0 Å². The number of rotatable bonds is 6. The van der Waals surface area contributed by atoms with E-state index < -0.39 is 5.97 Å². The fraction of sp³-hybridized carbons (Fsp3) is 0.795. The average molecular weight is 605 g/mol. The van der Waals surface area contributed by atoms with Crippen LogP contribution in [-0.4, -0.2) is 36.1 Å². The molecule has 5 saturated carbocycles. The number of hydrogen-bond acceptors (Lipinski definition) is 3. The minimum absolute atomic E-state index is 0.103. The van der Waals surface area contributed by atoms with E-state index in [1.54, 1.807) is 7.05 Å². The van der Waals surface area contributed by atoms with Crippen molar-refractivity contribution in [2.75, 3.05) is 13.6 Å². The highest BCUT2D eigenvalue weighted by Gasteiger charge is 2.71. The number of carbonyl (C=O) groups is 2. The highest BCUT2D eigenvalue weighted by atomic mass is 16.4. The second kappa shape index (κ2) is 10.8. The van der Waals surface area contributed by atoms with Crippen LogP contribution in [0.3, 0.4) is 0 Å². The number of likely N-dealkylation sites (N-methyl/N-ethyl adjacent to an activating group) is 1. The molecule has 1 aromatic carbocycles. The van der Waals surface area contributed by atoms with Crippen molar-refractivity contribution < 1.29 is 14.7 Å². The van der Waals surface area contributed by atoms with Crippen LogP contribution in [0.25, 0.3) is 0 Å². The molecule has 0 spiro atoms. The van der Waals surface area contributed by atoms with E-state index in [4.69, 9.17) is 0 Å². The van der Waals surface area contributed by atoms with Gasteiger partial charge in [0.25, 0.3) is 0 Å². The quantitative estimate of drug-likeness (QED) is 0.305. The molecule has 0 saturated heterocycles. The van der Waals surface area contributed by atoms with E-state index in [1.165, 1.54) is 69.8 Å². The number of carboxylic acid groups (broad SMARTS) is 1. The van der Waals surface area contributed by atoms with Gasteiger partial charge in [0.2, 0.25) is 5.91 Å². The zero-order valence-electron chi connectivity index (χ0n) is 28.9. The number of hydrogen-bond donors (Lipinski definition) is 3. The molecule has 3 N–H and O–H groups in total. The number of carboxylic acids is 1. The van der Waals surface area contributed by atoms with Crippen molar-refractivity contribution in [1.82, 2.24) is 10.6 Å². The lowest BCUT2D eigenvalue weighted by molar-refractivity contribution is -0.235. The van der Waals surface area contributed by atoms with Gasteiger partial charge in [-0.1, -0.05) is 60.6 Å². The summed E-state index contributed by atoms with van der Waals surface area (Å²) in [5.41, 5.74) is 2.93. The Morgan fingerprint density at radius 3 is 2.18 bits per heavy atom. The van der Waals surface area contributed by atoms with E-state index >= 15 is 0 Å². The normalized spacial score (nSPS) is 44.2. The maximum atomic E-state index is 12.4. The summed E-state index contributed by atoms with van der Waals surface area (Å²) < 4.78 is 0. The van der Waals surface area contributed by atoms with Crippen LogP contribution in [0.1, 0.15) is 135 Å². The molecule has 5 aliphatic carbocycles. The Kier molecular flexibility index (Phi) is 7.91. The van der Waals surface area contributed by atoms with Crippen molar-refractivity contribution in [3.63, 3.8) is 0 Å². The molecule has 0 bridgehead atoms. The maximum Gasteiger partial charge on any atom is 0.335 e. The van der Waals surface area contributed by atoms with Gasteiger partial charge in [-0.05, 0) is 145 Å². The van der Waals surface area contributed by atoms with Gasteiger partial charge in [-0.15, -0.1) is 0 Å². The van der Waals surface area contributed by atoms with Crippen LogP contribution in [0, 0.1) is 57.2 Å². The Bertz CT molecular complexity index is 1270. The maximum absolute atomic E-state index is 12.4. The topological polar surface area (TPSA) is 78.4 Å². The predicted octanol–water partition coefficient (Wildman–Crippen LogP) is 8.29. The number of fused-ring (bicyclic) bond motifs is 7. The molecule has 5 fully saturated rings. The minimum atomic E-state index is -0.845. The molecule has 244 valence electrons. The Morgan fingerprint density at radius 1 is 0.841 bits per heavy atom. The third kappa shape index (κ3) is 4.48. The van der Waals surface area contributed by atoms with Crippen LogP contribution in [0.2, 0.25) is 0 Å². The van der Waals surface area contributed by atoms with Crippen molar-refractivity contribution in [2.45, 2.75) is 124 Å². The Balaban J connectivity index is 1.30. The van der Waals surface area contributed by atoms with E-state index in [1.807, 2.05) is 12.1 Å². The number of nitrogens with one attached hydrogen (secondary N) is 2. The van der Waals surface area contributed by atoms with Crippen molar-refractivity contribution in [3.8, 4) is 0 Å². The van der Waals surface area contributed by atoms with Crippen LogP contribution < -0.4 is 10.6 Å². The second-order valence-electron chi connectivity index (χ2n) is 17.7. The lowest BCUT2D eigenvalue weighted by Gasteiger charge is -2.73. The van der Waals surface area contributed by atoms with Crippen molar-refractivity contribution in [2.24, 2.45) is 57.2 Å².